The van der Waals surface area contributed by atoms with Crippen molar-refractivity contribution in [3.63, 3.8) is 0 Å². The van der Waals surface area contributed by atoms with Crippen molar-refractivity contribution in [1.29, 1.82) is 0 Å². The highest BCUT2D eigenvalue weighted by Gasteiger charge is 2.17. The van der Waals surface area contributed by atoms with E-state index in [2.05, 4.69) is 17.1 Å². The Morgan fingerprint density at radius 3 is 2.38 bits per heavy atom. The Morgan fingerprint density at radius 1 is 0.971 bits per heavy atom. The Bertz CT molecular complexity index is 1250. The molecule has 4 aromatic rings. The maximum Gasteiger partial charge on any atom is 0.222 e. The molecule has 0 aliphatic carbocycles. The topological polar surface area (TPSA) is 58.1 Å². The predicted octanol–water partition coefficient (Wildman–Crippen LogP) is 6.43. The predicted molar refractivity (Wildman–Crippen MR) is 140 cm³/mol. The van der Waals surface area contributed by atoms with Crippen LogP contribution in [-0.2, 0) is 4.79 Å². The zero-order valence-corrected chi connectivity index (χ0v) is 20.3. The van der Waals surface area contributed by atoms with Gasteiger partial charge in [0.25, 0.3) is 0 Å². The average Bonchev–Trinajstić information content (AvgIpc) is 2.86. The molecule has 0 spiro atoms. The highest BCUT2D eigenvalue weighted by molar-refractivity contribution is 6.31. The van der Waals surface area contributed by atoms with Gasteiger partial charge in [-0.3, -0.25) is 4.79 Å². The summed E-state index contributed by atoms with van der Waals surface area (Å²) in [6.07, 6.45) is 1.30. The lowest BCUT2D eigenvalue weighted by atomic mass is 10.1. The summed E-state index contributed by atoms with van der Waals surface area (Å²) in [6, 6.07) is 25.6. The first-order chi connectivity index (χ1) is 16.5. The SMILES string of the molecule is CCCN(CCC(=O)N[C@@H](C)c1ccccc1)c1nc(-c2ccccc2)nc2cc(Cl)ccc12. The molecule has 5 nitrogen and oxygen atoms in total. The van der Waals surface area contributed by atoms with Crippen LogP contribution in [0.25, 0.3) is 22.3 Å². The van der Waals surface area contributed by atoms with Crippen LogP contribution in [0.4, 0.5) is 5.82 Å². The summed E-state index contributed by atoms with van der Waals surface area (Å²) in [5.74, 6) is 1.49. The van der Waals surface area contributed by atoms with Crippen molar-refractivity contribution in [2.24, 2.45) is 0 Å². The van der Waals surface area contributed by atoms with Crippen LogP contribution in [0.2, 0.25) is 5.02 Å². The lowest BCUT2D eigenvalue weighted by Gasteiger charge is -2.25. The molecular weight excluding hydrogens is 444 g/mol. The highest BCUT2D eigenvalue weighted by atomic mass is 35.5. The third kappa shape index (κ3) is 5.72. The van der Waals surface area contributed by atoms with Crippen LogP contribution in [0.3, 0.4) is 0 Å². The number of fused-ring (bicyclic) bond motifs is 1. The molecule has 1 N–H and O–H groups in total. The summed E-state index contributed by atoms with van der Waals surface area (Å²) in [4.78, 5) is 24.7. The van der Waals surface area contributed by atoms with Gasteiger partial charge in [-0.1, -0.05) is 79.2 Å². The van der Waals surface area contributed by atoms with Gasteiger partial charge in [0.1, 0.15) is 5.82 Å². The van der Waals surface area contributed by atoms with E-state index in [1.54, 1.807) is 0 Å². The van der Waals surface area contributed by atoms with Gasteiger partial charge in [0.15, 0.2) is 5.82 Å². The molecule has 34 heavy (non-hydrogen) atoms. The van der Waals surface area contributed by atoms with Crippen molar-refractivity contribution >= 4 is 34.2 Å². The van der Waals surface area contributed by atoms with Crippen LogP contribution in [-0.4, -0.2) is 29.0 Å². The van der Waals surface area contributed by atoms with Crippen LogP contribution in [0.15, 0.2) is 78.9 Å². The molecule has 4 rings (SSSR count). The van der Waals surface area contributed by atoms with E-state index in [1.165, 1.54) is 0 Å². The van der Waals surface area contributed by atoms with Gasteiger partial charge in [-0.05, 0) is 37.1 Å². The summed E-state index contributed by atoms with van der Waals surface area (Å²) in [7, 11) is 0. The second kappa shape index (κ2) is 11.1. The molecule has 174 valence electrons. The fraction of sp³-hybridized carbons (Fsp3) is 0.250. The van der Waals surface area contributed by atoms with Gasteiger partial charge in [0.2, 0.25) is 5.91 Å². The number of hydrogen-bond donors (Lipinski definition) is 1. The lowest BCUT2D eigenvalue weighted by Crippen LogP contribution is -2.33. The number of halogens is 1. The van der Waals surface area contributed by atoms with E-state index in [4.69, 9.17) is 21.6 Å². The van der Waals surface area contributed by atoms with Gasteiger partial charge in [-0.15, -0.1) is 0 Å². The van der Waals surface area contributed by atoms with E-state index in [0.717, 1.165) is 40.8 Å². The van der Waals surface area contributed by atoms with Gasteiger partial charge in [-0.2, -0.15) is 0 Å². The normalized spacial score (nSPS) is 11.9. The Hall–Kier alpha value is -3.44. The molecule has 1 atom stereocenters. The second-order valence-electron chi connectivity index (χ2n) is 8.34. The van der Waals surface area contributed by atoms with Crippen molar-refractivity contribution in [1.82, 2.24) is 15.3 Å². The van der Waals surface area contributed by atoms with E-state index in [-0.39, 0.29) is 11.9 Å². The minimum absolute atomic E-state index is 0.0159. The van der Waals surface area contributed by atoms with Gasteiger partial charge >= 0.3 is 0 Å². The number of hydrogen-bond acceptors (Lipinski definition) is 4. The number of nitrogens with zero attached hydrogens (tertiary/aromatic N) is 3. The molecule has 0 radical (unpaired) electrons. The van der Waals surface area contributed by atoms with Crippen molar-refractivity contribution in [2.75, 3.05) is 18.0 Å². The van der Waals surface area contributed by atoms with Crippen LogP contribution in [0, 0.1) is 0 Å². The van der Waals surface area contributed by atoms with E-state index in [1.807, 2.05) is 85.8 Å². The van der Waals surface area contributed by atoms with Gasteiger partial charge < -0.3 is 10.2 Å². The summed E-state index contributed by atoms with van der Waals surface area (Å²) >= 11 is 6.28. The molecule has 0 saturated heterocycles. The maximum atomic E-state index is 12.8. The number of aromatic nitrogens is 2. The number of carbonyl (C=O) groups is 1. The van der Waals surface area contributed by atoms with Crippen molar-refractivity contribution in [2.45, 2.75) is 32.7 Å². The number of benzene rings is 3. The first-order valence-corrected chi connectivity index (χ1v) is 12.0. The van der Waals surface area contributed by atoms with Crippen molar-refractivity contribution in [3.8, 4) is 11.4 Å². The lowest BCUT2D eigenvalue weighted by molar-refractivity contribution is -0.121. The highest BCUT2D eigenvalue weighted by Crippen LogP contribution is 2.30. The molecular formula is C28H29ClN4O. The Morgan fingerprint density at radius 2 is 1.68 bits per heavy atom. The quantitative estimate of drug-likeness (QED) is 0.305. The number of anilines is 1. The van der Waals surface area contributed by atoms with E-state index >= 15 is 0 Å². The molecule has 0 fully saturated rings. The second-order valence-corrected chi connectivity index (χ2v) is 8.77. The first-order valence-electron chi connectivity index (χ1n) is 11.7. The standard InChI is InChI=1S/C28H29ClN4O/c1-3-17-33(18-16-26(34)30-20(2)21-10-6-4-7-11-21)28-24-15-14-23(29)19-25(24)31-27(32-28)22-12-8-5-9-13-22/h4-15,19-20H,3,16-18H2,1-2H3,(H,30,34)/t20-/m0/s1. The minimum Gasteiger partial charge on any atom is -0.355 e. The monoisotopic (exact) mass is 472 g/mol. The molecule has 1 amide bonds. The molecule has 3 aromatic carbocycles. The summed E-state index contributed by atoms with van der Waals surface area (Å²) in [5, 5.41) is 4.67. The molecule has 0 aliphatic heterocycles. The number of nitrogens with one attached hydrogen (secondary N) is 1. The number of carbonyl (C=O) groups excluding carboxylic acids is 1. The molecule has 0 saturated carbocycles. The Labute approximate surface area is 205 Å². The van der Waals surface area contributed by atoms with Gasteiger partial charge in [-0.25, -0.2) is 9.97 Å². The Balaban J connectivity index is 1.59. The van der Waals surface area contributed by atoms with Gasteiger partial charge in [0, 0.05) is 35.5 Å². The number of amides is 1. The molecule has 6 heteroatoms. The fourth-order valence-electron chi connectivity index (χ4n) is 4.01. The van der Waals surface area contributed by atoms with Crippen LogP contribution >= 0.6 is 11.6 Å². The summed E-state index contributed by atoms with van der Waals surface area (Å²) in [6.45, 7) is 5.47. The van der Waals surface area contributed by atoms with Crippen LogP contribution < -0.4 is 10.2 Å². The fourth-order valence-corrected chi connectivity index (χ4v) is 4.18. The molecule has 1 aromatic heterocycles. The van der Waals surface area contributed by atoms with E-state index in [0.29, 0.717) is 23.8 Å². The van der Waals surface area contributed by atoms with Crippen LogP contribution in [0.1, 0.15) is 38.3 Å². The molecule has 0 unspecified atom stereocenters. The zero-order valence-electron chi connectivity index (χ0n) is 19.5. The minimum atomic E-state index is -0.0416. The number of rotatable bonds is 9. The van der Waals surface area contributed by atoms with E-state index < -0.39 is 0 Å². The molecule has 1 heterocycles. The smallest absolute Gasteiger partial charge is 0.222 e. The van der Waals surface area contributed by atoms with Gasteiger partial charge in [0.05, 0.1) is 11.6 Å². The third-order valence-corrected chi connectivity index (χ3v) is 5.98. The van der Waals surface area contributed by atoms with Crippen molar-refractivity contribution < 1.29 is 4.79 Å². The Kier molecular flexibility index (Phi) is 7.76. The molecule has 0 aliphatic rings. The largest absolute Gasteiger partial charge is 0.355 e. The zero-order chi connectivity index (χ0) is 23.9. The summed E-state index contributed by atoms with van der Waals surface area (Å²) < 4.78 is 0. The van der Waals surface area contributed by atoms with Crippen molar-refractivity contribution in [3.05, 3.63) is 89.4 Å². The van der Waals surface area contributed by atoms with Crippen LogP contribution in [0.5, 0.6) is 0 Å². The third-order valence-electron chi connectivity index (χ3n) is 5.75. The summed E-state index contributed by atoms with van der Waals surface area (Å²) in [5.41, 5.74) is 2.82. The maximum absolute atomic E-state index is 12.8. The average molecular weight is 473 g/mol. The molecule has 0 bridgehead atoms. The van der Waals surface area contributed by atoms with E-state index in [9.17, 15) is 4.79 Å². The first kappa shape index (κ1) is 23.7.